The van der Waals surface area contributed by atoms with Crippen LogP contribution in [0.3, 0.4) is 0 Å². The molecule has 1 saturated carbocycles. The summed E-state index contributed by atoms with van der Waals surface area (Å²) < 4.78 is 0. The molecule has 4 rings (SSSR count). The molecule has 0 bridgehead atoms. The fourth-order valence-corrected chi connectivity index (χ4v) is 4.58. The van der Waals surface area contributed by atoms with E-state index in [1.54, 1.807) is 18.6 Å². The summed E-state index contributed by atoms with van der Waals surface area (Å²) >= 11 is 6.35. The molecule has 0 spiro atoms. The van der Waals surface area contributed by atoms with Gasteiger partial charge in [-0.1, -0.05) is 0 Å². The number of nitrogens with one attached hydrogen (secondary N) is 2. The van der Waals surface area contributed by atoms with E-state index in [2.05, 4.69) is 25.6 Å². The standard InChI is InChI=1S/C20H24ClN5O/c1-12(16-11-14-10-15(21)2-3-17(14)25-19(16)27)24-20-23-9-6-18(26-20)13-4-7-22-8-5-13/h4-9,12,14-17H,2-3,10-11H2,1H3,(H,25,27)(H,23,24,26)/t12-,14?,15?,16?,17?/m0/s1. The molecule has 2 N–H and O–H groups in total. The SMILES string of the molecule is C[C@H](Nc1nccc(-c2ccncc2)n1)C1CC2CC(Cl)CCC2NC1=O. The van der Waals surface area contributed by atoms with Gasteiger partial charge in [0.2, 0.25) is 11.9 Å². The van der Waals surface area contributed by atoms with E-state index in [1.165, 1.54) is 0 Å². The van der Waals surface area contributed by atoms with Gasteiger partial charge < -0.3 is 10.6 Å². The van der Waals surface area contributed by atoms with Crippen molar-refractivity contribution in [2.45, 2.75) is 50.1 Å². The van der Waals surface area contributed by atoms with E-state index < -0.39 is 0 Å². The third-order valence-corrected chi connectivity index (χ3v) is 6.13. The van der Waals surface area contributed by atoms with Crippen LogP contribution in [0.4, 0.5) is 5.95 Å². The quantitative estimate of drug-likeness (QED) is 0.790. The van der Waals surface area contributed by atoms with Crippen LogP contribution in [0, 0.1) is 11.8 Å². The van der Waals surface area contributed by atoms with Gasteiger partial charge in [0.1, 0.15) is 0 Å². The number of anilines is 1. The summed E-state index contributed by atoms with van der Waals surface area (Å²) in [5.41, 5.74) is 1.81. The van der Waals surface area contributed by atoms with Crippen molar-refractivity contribution < 1.29 is 4.79 Å². The fraction of sp³-hybridized carbons (Fsp3) is 0.500. The lowest BCUT2D eigenvalue weighted by atomic mass is 9.74. The second kappa shape index (κ2) is 7.80. The molecule has 2 aromatic rings. The molecular formula is C20H24ClN5O. The number of pyridine rings is 1. The summed E-state index contributed by atoms with van der Waals surface area (Å²) in [6.07, 6.45) is 9.01. The number of hydrogen-bond donors (Lipinski definition) is 2. The van der Waals surface area contributed by atoms with Crippen LogP contribution in [0.1, 0.15) is 32.6 Å². The first-order valence-electron chi connectivity index (χ1n) is 9.54. The van der Waals surface area contributed by atoms with Crippen LogP contribution >= 0.6 is 11.6 Å². The van der Waals surface area contributed by atoms with Gasteiger partial charge in [-0.25, -0.2) is 9.97 Å². The van der Waals surface area contributed by atoms with E-state index in [0.29, 0.717) is 11.9 Å². The van der Waals surface area contributed by atoms with Crippen molar-refractivity contribution in [3.8, 4) is 11.3 Å². The van der Waals surface area contributed by atoms with Crippen molar-refractivity contribution in [3.63, 3.8) is 0 Å². The Hall–Kier alpha value is -2.21. The number of aromatic nitrogens is 3. The molecule has 0 aromatic carbocycles. The molecule has 5 atom stereocenters. The van der Waals surface area contributed by atoms with Gasteiger partial charge in [0, 0.05) is 41.6 Å². The number of fused-ring (bicyclic) bond motifs is 1. The maximum Gasteiger partial charge on any atom is 0.225 e. The number of halogens is 1. The molecule has 3 heterocycles. The first-order chi connectivity index (χ1) is 13.1. The van der Waals surface area contributed by atoms with Crippen LogP contribution in [0.2, 0.25) is 0 Å². The molecule has 6 nitrogen and oxygen atoms in total. The maximum absolute atomic E-state index is 12.6. The molecule has 4 unspecified atom stereocenters. The average molecular weight is 386 g/mol. The molecule has 1 aliphatic carbocycles. The molecule has 7 heteroatoms. The molecule has 2 aromatic heterocycles. The molecule has 1 aliphatic heterocycles. The molecule has 1 saturated heterocycles. The number of piperidine rings is 1. The third kappa shape index (κ3) is 4.05. The smallest absolute Gasteiger partial charge is 0.225 e. The zero-order chi connectivity index (χ0) is 18.8. The van der Waals surface area contributed by atoms with E-state index in [0.717, 1.165) is 36.9 Å². The zero-order valence-corrected chi connectivity index (χ0v) is 16.1. The zero-order valence-electron chi connectivity index (χ0n) is 15.3. The molecule has 0 radical (unpaired) electrons. The Bertz CT molecular complexity index is 802. The van der Waals surface area contributed by atoms with Gasteiger partial charge in [0.25, 0.3) is 0 Å². The average Bonchev–Trinajstić information content (AvgIpc) is 2.68. The number of alkyl halides is 1. The van der Waals surface area contributed by atoms with Crippen LogP contribution in [0.25, 0.3) is 11.3 Å². The van der Waals surface area contributed by atoms with Gasteiger partial charge in [0.15, 0.2) is 0 Å². The minimum absolute atomic E-state index is 0.0608. The van der Waals surface area contributed by atoms with Crippen molar-refractivity contribution in [3.05, 3.63) is 36.8 Å². The van der Waals surface area contributed by atoms with Crippen LogP contribution in [0.5, 0.6) is 0 Å². The monoisotopic (exact) mass is 385 g/mol. The summed E-state index contributed by atoms with van der Waals surface area (Å²) in [6, 6.07) is 5.91. The van der Waals surface area contributed by atoms with E-state index in [4.69, 9.17) is 11.6 Å². The number of nitrogens with zero attached hydrogens (tertiary/aromatic N) is 3. The summed E-state index contributed by atoms with van der Waals surface area (Å²) in [5.74, 6) is 0.999. The normalized spacial score (nSPS) is 28.7. The van der Waals surface area contributed by atoms with Gasteiger partial charge in [0.05, 0.1) is 11.6 Å². The second-order valence-electron chi connectivity index (χ2n) is 7.56. The van der Waals surface area contributed by atoms with Crippen LogP contribution < -0.4 is 10.6 Å². The highest BCUT2D eigenvalue weighted by Gasteiger charge is 2.41. The molecule has 1 amide bonds. The van der Waals surface area contributed by atoms with Crippen molar-refractivity contribution in [1.29, 1.82) is 0 Å². The largest absolute Gasteiger partial charge is 0.353 e. The van der Waals surface area contributed by atoms with Crippen molar-refractivity contribution in [2.75, 3.05) is 5.32 Å². The van der Waals surface area contributed by atoms with Crippen molar-refractivity contribution in [1.82, 2.24) is 20.3 Å². The van der Waals surface area contributed by atoms with E-state index >= 15 is 0 Å². The minimum atomic E-state index is -0.110. The van der Waals surface area contributed by atoms with Gasteiger partial charge in [-0.05, 0) is 56.7 Å². The van der Waals surface area contributed by atoms with Gasteiger partial charge >= 0.3 is 0 Å². The molecule has 2 fully saturated rings. The number of carbonyl (C=O) groups is 1. The molecule has 2 aliphatic rings. The Balaban J connectivity index is 1.46. The number of carbonyl (C=O) groups excluding carboxylic acids is 1. The topological polar surface area (TPSA) is 79.8 Å². The van der Waals surface area contributed by atoms with Gasteiger partial charge in [-0.3, -0.25) is 9.78 Å². The van der Waals surface area contributed by atoms with Crippen LogP contribution in [-0.2, 0) is 4.79 Å². The van der Waals surface area contributed by atoms with E-state index in [1.807, 2.05) is 25.1 Å². The fourth-order valence-electron chi connectivity index (χ4n) is 4.23. The number of amides is 1. The van der Waals surface area contributed by atoms with Gasteiger partial charge in [-0.2, -0.15) is 0 Å². The molecule has 142 valence electrons. The molecular weight excluding hydrogens is 362 g/mol. The first kappa shape index (κ1) is 18.2. The van der Waals surface area contributed by atoms with Crippen LogP contribution in [-0.4, -0.2) is 38.3 Å². The Kier molecular flexibility index (Phi) is 5.25. The predicted molar refractivity (Wildman–Crippen MR) is 105 cm³/mol. The minimum Gasteiger partial charge on any atom is -0.353 e. The maximum atomic E-state index is 12.6. The lowest BCUT2D eigenvalue weighted by molar-refractivity contribution is -0.130. The van der Waals surface area contributed by atoms with E-state index in [9.17, 15) is 4.79 Å². The summed E-state index contributed by atoms with van der Waals surface area (Å²) in [5, 5.41) is 6.76. The summed E-state index contributed by atoms with van der Waals surface area (Å²) in [4.78, 5) is 25.6. The summed E-state index contributed by atoms with van der Waals surface area (Å²) in [6.45, 7) is 2.02. The summed E-state index contributed by atoms with van der Waals surface area (Å²) in [7, 11) is 0. The lowest BCUT2D eigenvalue weighted by Crippen LogP contribution is -2.55. The van der Waals surface area contributed by atoms with E-state index in [-0.39, 0.29) is 29.3 Å². The predicted octanol–water partition coefficient (Wildman–Crippen LogP) is 3.25. The van der Waals surface area contributed by atoms with Crippen molar-refractivity contribution >= 4 is 23.5 Å². The van der Waals surface area contributed by atoms with Crippen molar-refractivity contribution in [2.24, 2.45) is 11.8 Å². The lowest BCUT2D eigenvalue weighted by Gasteiger charge is -2.42. The first-order valence-corrected chi connectivity index (χ1v) is 9.98. The second-order valence-corrected chi connectivity index (χ2v) is 8.18. The highest BCUT2D eigenvalue weighted by Crippen LogP contribution is 2.36. The van der Waals surface area contributed by atoms with Gasteiger partial charge in [-0.15, -0.1) is 11.6 Å². The highest BCUT2D eigenvalue weighted by molar-refractivity contribution is 6.20. The van der Waals surface area contributed by atoms with Crippen LogP contribution in [0.15, 0.2) is 36.8 Å². The Morgan fingerprint density at radius 2 is 2.00 bits per heavy atom. The Morgan fingerprint density at radius 1 is 1.19 bits per heavy atom. The molecule has 27 heavy (non-hydrogen) atoms. The third-order valence-electron chi connectivity index (χ3n) is 5.73. The number of hydrogen-bond acceptors (Lipinski definition) is 5. The highest BCUT2D eigenvalue weighted by atomic mass is 35.5. The number of rotatable bonds is 4. The Labute approximate surface area is 164 Å². The Morgan fingerprint density at radius 3 is 2.81 bits per heavy atom.